The van der Waals surface area contributed by atoms with E-state index in [1.807, 2.05) is 30.8 Å². The second kappa shape index (κ2) is 6.64. The SMILES string of the molecule is CCNc1cccc(C(=O)NCC2CCSC2)n1. The molecule has 5 heteroatoms. The molecule has 2 N–H and O–H groups in total. The first-order valence-corrected chi connectivity index (χ1v) is 7.52. The van der Waals surface area contributed by atoms with Gasteiger partial charge in [-0.3, -0.25) is 4.79 Å². The third-order valence-corrected chi connectivity index (χ3v) is 4.15. The van der Waals surface area contributed by atoms with Crippen LogP contribution < -0.4 is 10.6 Å². The van der Waals surface area contributed by atoms with Gasteiger partial charge in [-0.15, -0.1) is 0 Å². The number of aromatic nitrogens is 1. The van der Waals surface area contributed by atoms with Gasteiger partial charge in [-0.1, -0.05) is 6.07 Å². The molecule has 2 rings (SSSR count). The Labute approximate surface area is 112 Å². The number of hydrogen-bond donors (Lipinski definition) is 2. The normalized spacial score (nSPS) is 18.6. The third-order valence-electron chi connectivity index (χ3n) is 2.91. The summed E-state index contributed by atoms with van der Waals surface area (Å²) in [6.45, 7) is 3.57. The van der Waals surface area contributed by atoms with Crippen LogP contribution in [0.3, 0.4) is 0 Å². The minimum atomic E-state index is -0.0772. The highest BCUT2D eigenvalue weighted by atomic mass is 32.2. The van der Waals surface area contributed by atoms with Crippen molar-refractivity contribution in [2.24, 2.45) is 5.92 Å². The van der Waals surface area contributed by atoms with E-state index in [4.69, 9.17) is 0 Å². The van der Waals surface area contributed by atoms with Gasteiger partial charge in [0.1, 0.15) is 11.5 Å². The van der Waals surface area contributed by atoms with Crippen LogP contribution in [0.2, 0.25) is 0 Å². The van der Waals surface area contributed by atoms with Crippen LogP contribution in [-0.2, 0) is 0 Å². The average molecular weight is 265 g/mol. The van der Waals surface area contributed by atoms with Crippen molar-refractivity contribution >= 4 is 23.5 Å². The van der Waals surface area contributed by atoms with Gasteiger partial charge >= 0.3 is 0 Å². The first-order valence-electron chi connectivity index (χ1n) is 6.36. The molecule has 1 aliphatic rings. The lowest BCUT2D eigenvalue weighted by Crippen LogP contribution is -2.30. The number of nitrogens with one attached hydrogen (secondary N) is 2. The van der Waals surface area contributed by atoms with Crippen molar-refractivity contribution in [1.29, 1.82) is 0 Å². The molecule has 1 aliphatic heterocycles. The van der Waals surface area contributed by atoms with E-state index in [0.29, 0.717) is 11.6 Å². The van der Waals surface area contributed by atoms with Crippen LogP contribution in [0.4, 0.5) is 5.82 Å². The second-order valence-corrected chi connectivity index (χ2v) is 5.53. The molecule has 0 aliphatic carbocycles. The van der Waals surface area contributed by atoms with Gasteiger partial charge in [0.2, 0.25) is 0 Å². The molecule has 0 bridgehead atoms. The van der Waals surface area contributed by atoms with Crippen LogP contribution >= 0.6 is 11.8 Å². The van der Waals surface area contributed by atoms with Gasteiger partial charge < -0.3 is 10.6 Å². The van der Waals surface area contributed by atoms with E-state index >= 15 is 0 Å². The summed E-state index contributed by atoms with van der Waals surface area (Å²) < 4.78 is 0. The molecule has 98 valence electrons. The van der Waals surface area contributed by atoms with E-state index < -0.39 is 0 Å². The quantitative estimate of drug-likeness (QED) is 0.855. The Morgan fingerprint density at radius 2 is 2.44 bits per heavy atom. The Balaban J connectivity index is 1.89. The largest absolute Gasteiger partial charge is 0.370 e. The number of carbonyl (C=O) groups excluding carboxylic acids is 1. The molecule has 0 spiro atoms. The Morgan fingerprint density at radius 3 is 3.17 bits per heavy atom. The number of thioether (sulfide) groups is 1. The van der Waals surface area contributed by atoms with Crippen molar-refractivity contribution < 1.29 is 4.79 Å². The molecular formula is C13H19N3OS. The molecule has 4 nitrogen and oxygen atoms in total. The first-order chi connectivity index (χ1) is 8.79. The van der Waals surface area contributed by atoms with Crippen LogP contribution in [0.1, 0.15) is 23.8 Å². The fraction of sp³-hybridized carbons (Fsp3) is 0.538. The zero-order chi connectivity index (χ0) is 12.8. The Bertz CT molecular complexity index is 405. The Kier molecular flexibility index (Phi) is 4.87. The number of pyridine rings is 1. The summed E-state index contributed by atoms with van der Waals surface area (Å²) in [6.07, 6.45) is 1.20. The van der Waals surface area contributed by atoms with Crippen LogP contribution in [0, 0.1) is 5.92 Å². The third kappa shape index (κ3) is 3.63. The zero-order valence-corrected chi connectivity index (χ0v) is 11.4. The topological polar surface area (TPSA) is 54.0 Å². The number of nitrogens with zero attached hydrogens (tertiary/aromatic N) is 1. The minimum Gasteiger partial charge on any atom is -0.370 e. The smallest absolute Gasteiger partial charge is 0.269 e. The summed E-state index contributed by atoms with van der Waals surface area (Å²) in [5.74, 6) is 3.67. The van der Waals surface area contributed by atoms with E-state index in [2.05, 4.69) is 15.6 Å². The average Bonchev–Trinajstić information content (AvgIpc) is 2.90. The maximum absolute atomic E-state index is 11.9. The summed E-state index contributed by atoms with van der Waals surface area (Å²) in [5, 5.41) is 6.07. The monoisotopic (exact) mass is 265 g/mol. The van der Waals surface area contributed by atoms with E-state index in [-0.39, 0.29) is 5.91 Å². The summed E-state index contributed by atoms with van der Waals surface area (Å²) in [4.78, 5) is 16.2. The first kappa shape index (κ1) is 13.2. The molecule has 0 saturated carbocycles. The maximum atomic E-state index is 11.9. The lowest BCUT2D eigenvalue weighted by Gasteiger charge is -2.10. The van der Waals surface area contributed by atoms with Crippen molar-refractivity contribution in [3.05, 3.63) is 23.9 Å². The predicted octanol–water partition coefficient (Wildman–Crippen LogP) is 2.00. The number of rotatable bonds is 5. The molecule has 1 fully saturated rings. The van der Waals surface area contributed by atoms with Crippen molar-refractivity contribution in [1.82, 2.24) is 10.3 Å². The molecule has 1 unspecified atom stereocenters. The highest BCUT2D eigenvalue weighted by Crippen LogP contribution is 2.22. The van der Waals surface area contributed by atoms with Gasteiger partial charge in [0.15, 0.2) is 0 Å². The predicted molar refractivity (Wildman–Crippen MR) is 76.2 cm³/mol. The molecule has 1 atom stereocenters. The van der Waals surface area contributed by atoms with Gasteiger partial charge in [-0.2, -0.15) is 11.8 Å². The van der Waals surface area contributed by atoms with Gasteiger partial charge in [0.25, 0.3) is 5.91 Å². The van der Waals surface area contributed by atoms with Crippen LogP contribution in [0.25, 0.3) is 0 Å². The molecule has 18 heavy (non-hydrogen) atoms. The second-order valence-electron chi connectivity index (χ2n) is 4.38. The number of hydrogen-bond acceptors (Lipinski definition) is 4. The Hall–Kier alpha value is -1.23. The van der Waals surface area contributed by atoms with Gasteiger partial charge in [-0.05, 0) is 42.9 Å². The van der Waals surface area contributed by atoms with Gasteiger partial charge in [0.05, 0.1) is 0 Å². The van der Waals surface area contributed by atoms with Crippen molar-refractivity contribution in [2.45, 2.75) is 13.3 Å². The van der Waals surface area contributed by atoms with Gasteiger partial charge in [-0.25, -0.2) is 4.98 Å². The van der Waals surface area contributed by atoms with Crippen LogP contribution in [0.5, 0.6) is 0 Å². The number of carbonyl (C=O) groups is 1. The summed E-state index contributed by atoms with van der Waals surface area (Å²) in [7, 11) is 0. The molecule has 0 radical (unpaired) electrons. The lowest BCUT2D eigenvalue weighted by molar-refractivity contribution is 0.0943. The summed E-state index contributed by atoms with van der Waals surface area (Å²) in [6, 6.07) is 5.47. The standard InChI is InChI=1S/C13H19N3OS/c1-2-14-12-5-3-4-11(16-12)13(17)15-8-10-6-7-18-9-10/h3-5,10H,2,6-9H2,1H3,(H,14,16)(H,15,17). The molecule has 0 aromatic carbocycles. The molecule has 2 heterocycles. The highest BCUT2D eigenvalue weighted by molar-refractivity contribution is 7.99. The molecule has 1 amide bonds. The van der Waals surface area contributed by atoms with Crippen molar-refractivity contribution in [3.63, 3.8) is 0 Å². The summed E-state index contributed by atoms with van der Waals surface area (Å²) >= 11 is 1.96. The van der Waals surface area contributed by atoms with E-state index in [1.54, 1.807) is 6.07 Å². The number of anilines is 1. The minimum absolute atomic E-state index is 0.0772. The Morgan fingerprint density at radius 1 is 1.56 bits per heavy atom. The lowest BCUT2D eigenvalue weighted by atomic mass is 10.1. The van der Waals surface area contributed by atoms with E-state index in [1.165, 1.54) is 12.2 Å². The fourth-order valence-electron chi connectivity index (χ4n) is 1.91. The van der Waals surface area contributed by atoms with Crippen LogP contribution in [-0.4, -0.2) is 35.5 Å². The molecule has 1 saturated heterocycles. The summed E-state index contributed by atoms with van der Waals surface area (Å²) in [5.41, 5.74) is 0.485. The molecule has 1 aromatic heterocycles. The van der Waals surface area contributed by atoms with Crippen molar-refractivity contribution in [3.8, 4) is 0 Å². The molecule has 1 aromatic rings. The fourth-order valence-corrected chi connectivity index (χ4v) is 3.20. The van der Waals surface area contributed by atoms with Gasteiger partial charge in [0, 0.05) is 13.1 Å². The zero-order valence-electron chi connectivity index (χ0n) is 10.6. The van der Waals surface area contributed by atoms with Crippen molar-refractivity contribution in [2.75, 3.05) is 29.9 Å². The van der Waals surface area contributed by atoms with Crippen LogP contribution in [0.15, 0.2) is 18.2 Å². The highest BCUT2D eigenvalue weighted by Gasteiger charge is 2.17. The maximum Gasteiger partial charge on any atom is 0.269 e. The number of amides is 1. The van der Waals surface area contributed by atoms with E-state index in [0.717, 1.165) is 24.7 Å². The van der Waals surface area contributed by atoms with E-state index in [9.17, 15) is 4.79 Å². The molecular weight excluding hydrogens is 246 g/mol.